The summed E-state index contributed by atoms with van der Waals surface area (Å²) in [4.78, 5) is 12.2. The molecular weight excluding hydrogens is 302 g/mol. The first-order chi connectivity index (χ1) is 11.6. The zero-order valence-electron chi connectivity index (χ0n) is 13.1. The van der Waals surface area contributed by atoms with Gasteiger partial charge in [0.15, 0.2) is 0 Å². The van der Waals surface area contributed by atoms with E-state index in [9.17, 15) is 10.1 Å². The molecule has 1 saturated carbocycles. The summed E-state index contributed by atoms with van der Waals surface area (Å²) in [6, 6.07) is 14.0. The third-order valence-electron chi connectivity index (χ3n) is 4.05. The Labute approximate surface area is 139 Å². The Bertz CT molecular complexity index is 879. The van der Waals surface area contributed by atoms with Crippen molar-refractivity contribution in [2.45, 2.75) is 19.3 Å². The fourth-order valence-electron chi connectivity index (χ4n) is 2.48. The van der Waals surface area contributed by atoms with Crippen LogP contribution in [-0.4, -0.2) is 5.91 Å². The highest BCUT2D eigenvalue weighted by Crippen LogP contribution is 2.47. The Kier molecular flexibility index (Phi) is 4.18. The van der Waals surface area contributed by atoms with Crippen LogP contribution in [0.25, 0.3) is 6.08 Å². The number of furan rings is 1. The molecule has 1 N–H and O–H groups in total. The first kappa shape index (κ1) is 15.6. The predicted octanol–water partition coefficient (Wildman–Crippen LogP) is 3.82. The first-order valence-electron chi connectivity index (χ1n) is 7.63. The fraction of sp³-hybridized carbons (Fsp3) is 0.211. The third kappa shape index (κ3) is 3.37. The van der Waals surface area contributed by atoms with Crippen LogP contribution in [-0.2, 0) is 4.79 Å². The molecule has 1 aromatic heterocycles. The van der Waals surface area contributed by atoms with Gasteiger partial charge in [0.2, 0.25) is 0 Å². The largest absolute Gasteiger partial charge is 0.461 e. The molecule has 2 atom stereocenters. The lowest BCUT2D eigenvalue weighted by Crippen LogP contribution is -2.13. The fourth-order valence-corrected chi connectivity index (χ4v) is 2.48. The van der Waals surface area contributed by atoms with Gasteiger partial charge in [-0.1, -0.05) is 6.92 Å². The average Bonchev–Trinajstić information content (AvgIpc) is 3.14. The molecule has 5 heteroatoms. The van der Waals surface area contributed by atoms with E-state index in [1.54, 1.807) is 30.3 Å². The van der Waals surface area contributed by atoms with Gasteiger partial charge in [-0.2, -0.15) is 10.5 Å². The molecule has 0 bridgehead atoms. The van der Waals surface area contributed by atoms with Crippen molar-refractivity contribution in [3.8, 4) is 12.1 Å². The number of carbonyl (C=O) groups is 1. The topological polar surface area (TPSA) is 89.8 Å². The van der Waals surface area contributed by atoms with Gasteiger partial charge < -0.3 is 9.73 Å². The van der Waals surface area contributed by atoms with Crippen LogP contribution in [0.5, 0.6) is 0 Å². The summed E-state index contributed by atoms with van der Waals surface area (Å²) < 4.78 is 5.70. The van der Waals surface area contributed by atoms with Gasteiger partial charge in [-0.25, -0.2) is 0 Å². The van der Waals surface area contributed by atoms with E-state index in [4.69, 9.17) is 9.68 Å². The van der Waals surface area contributed by atoms with Crippen LogP contribution in [0, 0.1) is 28.6 Å². The van der Waals surface area contributed by atoms with Crippen molar-refractivity contribution in [2.24, 2.45) is 5.92 Å². The number of carbonyl (C=O) groups excluding carboxylic acids is 1. The van der Waals surface area contributed by atoms with E-state index < -0.39 is 5.91 Å². The van der Waals surface area contributed by atoms with Crippen LogP contribution in [0.4, 0.5) is 5.69 Å². The standard InChI is InChI=1S/C19H15N3O2/c1-12-8-17(12)18-7-6-16(24-18)9-14(11-21)19(23)22-15-4-2-13(10-20)3-5-15/h2-7,9,12,17H,8H2,1H3,(H,22,23)/b14-9+/t12-,17-/m0/s1. The number of hydrogen-bond donors (Lipinski definition) is 1. The summed E-state index contributed by atoms with van der Waals surface area (Å²) in [6.45, 7) is 2.16. The van der Waals surface area contributed by atoms with E-state index in [-0.39, 0.29) is 5.57 Å². The molecule has 0 radical (unpaired) electrons. The molecule has 3 rings (SSSR count). The quantitative estimate of drug-likeness (QED) is 0.685. The van der Waals surface area contributed by atoms with Gasteiger partial charge in [0.05, 0.1) is 11.6 Å². The Hall–Kier alpha value is -3.31. The van der Waals surface area contributed by atoms with Gasteiger partial charge in [-0.15, -0.1) is 0 Å². The highest BCUT2D eigenvalue weighted by Gasteiger charge is 2.36. The van der Waals surface area contributed by atoms with Crippen LogP contribution >= 0.6 is 0 Å². The summed E-state index contributed by atoms with van der Waals surface area (Å²) in [5.41, 5.74) is 0.984. The molecule has 1 aliphatic carbocycles. The summed E-state index contributed by atoms with van der Waals surface area (Å²) in [6.07, 6.45) is 2.55. The number of benzene rings is 1. The minimum Gasteiger partial charge on any atom is -0.461 e. The lowest BCUT2D eigenvalue weighted by atomic mass is 10.2. The van der Waals surface area contributed by atoms with Gasteiger partial charge in [0.25, 0.3) is 5.91 Å². The molecule has 24 heavy (non-hydrogen) atoms. The molecule has 0 aliphatic heterocycles. The second kappa shape index (κ2) is 6.44. The number of rotatable bonds is 4. The smallest absolute Gasteiger partial charge is 0.266 e. The molecule has 0 saturated heterocycles. The number of nitrogens with zero attached hydrogens (tertiary/aromatic N) is 2. The van der Waals surface area contributed by atoms with Crippen molar-refractivity contribution >= 4 is 17.7 Å². The van der Waals surface area contributed by atoms with Gasteiger partial charge in [0, 0.05) is 17.7 Å². The Morgan fingerprint density at radius 2 is 1.96 bits per heavy atom. The van der Waals surface area contributed by atoms with E-state index in [0.717, 1.165) is 12.2 Å². The maximum atomic E-state index is 12.2. The van der Waals surface area contributed by atoms with Crippen molar-refractivity contribution in [1.82, 2.24) is 0 Å². The lowest BCUT2D eigenvalue weighted by Gasteiger charge is -2.03. The minimum absolute atomic E-state index is 0.0379. The molecule has 1 fully saturated rings. The maximum Gasteiger partial charge on any atom is 0.266 e. The zero-order chi connectivity index (χ0) is 17.1. The highest BCUT2D eigenvalue weighted by atomic mass is 16.3. The molecule has 1 amide bonds. The monoisotopic (exact) mass is 317 g/mol. The molecule has 1 aliphatic rings. The number of amides is 1. The highest BCUT2D eigenvalue weighted by molar-refractivity contribution is 6.09. The zero-order valence-corrected chi connectivity index (χ0v) is 13.1. The van der Waals surface area contributed by atoms with Gasteiger partial charge >= 0.3 is 0 Å². The normalized spacial score (nSPS) is 19.2. The van der Waals surface area contributed by atoms with Crippen molar-refractivity contribution in [2.75, 3.05) is 5.32 Å². The first-order valence-corrected chi connectivity index (χ1v) is 7.63. The van der Waals surface area contributed by atoms with Crippen LogP contribution in [0.1, 0.15) is 36.3 Å². The van der Waals surface area contributed by atoms with Crippen molar-refractivity contribution in [3.05, 3.63) is 59.1 Å². The summed E-state index contributed by atoms with van der Waals surface area (Å²) in [5.74, 6) is 1.96. The SMILES string of the molecule is C[C@H]1C[C@@H]1c1ccc(/C=C(\C#N)C(=O)Nc2ccc(C#N)cc2)o1. The van der Waals surface area contributed by atoms with Gasteiger partial charge in [-0.05, 0) is 48.7 Å². The van der Waals surface area contributed by atoms with Crippen molar-refractivity contribution < 1.29 is 9.21 Å². The molecule has 0 spiro atoms. The maximum absolute atomic E-state index is 12.2. The number of hydrogen-bond acceptors (Lipinski definition) is 4. The van der Waals surface area contributed by atoms with E-state index in [0.29, 0.717) is 28.8 Å². The van der Waals surface area contributed by atoms with E-state index >= 15 is 0 Å². The van der Waals surface area contributed by atoms with Gasteiger partial charge in [0.1, 0.15) is 23.2 Å². The predicted molar refractivity (Wildman–Crippen MR) is 88.6 cm³/mol. The second-order valence-corrected chi connectivity index (χ2v) is 5.87. The van der Waals surface area contributed by atoms with Crippen LogP contribution in [0.2, 0.25) is 0 Å². The third-order valence-corrected chi connectivity index (χ3v) is 4.05. The van der Waals surface area contributed by atoms with Crippen LogP contribution < -0.4 is 5.32 Å². The van der Waals surface area contributed by atoms with Crippen molar-refractivity contribution in [3.63, 3.8) is 0 Å². The minimum atomic E-state index is -0.514. The lowest BCUT2D eigenvalue weighted by molar-refractivity contribution is -0.112. The molecule has 2 aromatic rings. The van der Waals surface area contributed by atoms with E-state index in [1.807, 2.05) is 18.2 Å². The molecular formula is C19H15N3O2. The summed E-state index contributed by atoms with van der Waals surface area (Å²) >= 11 is 0. The van der Waals surface area contributed by atoms with Crippen LogP contribution in [0.15, 0.2) is 46.4 Å². The Morgan fingerprint density at radius 3 is 2.54 bits per heavy atom. The average molecular weight is 317 g/mol. The van der Waals surface area contributed by atoms with Gasteiger partial charge in [-0.3, -0.25) is 4.79 Å². The molecule has 1 heterocycles. The summed E-state index contributed by atoms with van der Waals surface area (Å²) in [5, 5.41) is 20.6. The number of anilines is 1. The summed E-state index contributed by atoms with van der Waals surface area (Å²) in [7, 11) is 0. The Morgan fingerprint density at radius 1 is 1.25 bits per heavy atom. The molecule has 0 unspecified atom stereocenters. The molecule has 1 aromatic carbocycles. The van der Waals surface area contributed by atoms with E-state index in [2.05, 4.69) is 12.2 Å². The van der Waals surface area contributed by atoms with Crippen LogP contribution in [0.3, 0.4) is 0 Å². The number of nitrogens with one attached hydrogen (secondary N) is 1. The molecule has 118 valence electrons. The van der Waals surface area contributed by atoms with Crippen molar-refractivity contribution in [1.29, 1.82) is 10.5 Å². The van der Waals surface area contributed by atoms with E-state index in [1.165, 1.54) is 6.08 Å². The Balaban J connectivity index is 1.72. The second-order valence-electron chi connectivity index (χ2n) is 5.87. The molecule has 5 nitrogen and oxygen atoms in total. The number of nitriles is 2.